The molecule has 1 aromatic rings. The zero-order valence-corrected chi connectivity index (χ0v) is 8.99. The van der Waals surface area contributed by atoms with E-state index in [2.05, 4.69) is 11.9 Å². The molecule has 0 N–H and O–H groups in total. The minimum Gasteiger partial charge on any atom is -0.300 e. The van der Waals surface area contributed by atoms with E-state index in [9.17, 15) is 4.39 Å². The van der Waals surface area contributed by atoms with E-state index in [1.165, 1.54) is 24.8 Å². The molecule has 3 rings (SSSR count). The number of rotatable bonds is 1. The van der Waals surface area contributed by atoms with Gasteiger partial charge in [-0.25, -0.2) is 4.39 Å². The molecule has 1 aromatic carbocycles. The average Bonchev–Trinajstić information content (AvgIpc) is 2.75. The van der Waals surface area contributed by atoms with E-state index in [-0.39, 0.29) is 5.82 Å². The van der Waals surface area contributed by atoms with Gasteiger partial charge in [-0.3, -0.25) is 4.90 Å². The van der Waals surface area contributed by atoms with Gasteiger partial charge in [-0.05, 0) is 44.0 Å². The quantitative estimate of drug-likeness (QED) is 0.681. The van der Waals surface area contributed by atoms with Crippen molar-refractivity contribution < 1.29 is 4.39 Å². The Bertz CT molecular complexity index is 359. The maximum atomic E-state index is 12.8. The number of benzene rings is 1. The second-order valence-electron chi connectivity index (χ2n) is 4.86. The van der Waals surface area contributed by atoms with Crippen LogP contribution >= 0.6 is 0 Å². The van der Waals surface area contributed by atoms with Gasteiger partial charge in [0.15, 0.2) is 0 Å². The first-order valence-electron chi connectivity index (χ1n) is 5.73. The van der Waals surface area contributed by atoms with E-state index in [0.717, 1.165) is 6.04 Å². The Kier molecular flexibility index (Phi) is 2.06. The summed E-state index contributed by atoms with van der Waals surface area (Å²) in [5, 5.41) is 0. The fourth-order valence-electron chi connectivity index (χ4n) is 3.33. The third kappa shape index (κ3) is 1.39. The van der Waals surface area contributed by atoms with E-state index in [4.69, 9.17) is 0 Å². The van der Waals surface area contributed by atoms with Crippen molar-refractivity contribution in [3.63, 3.8) is 0 Å². The number of halogens is 1. The maximum absolute atomic E-state index is 12.8. The second kappa shape index (κ2) is 3.31. The average molecular weight is 205 g/mol. The van der Waals surface area contributed by atoms with Gasteiger partial charge in [0, 0.05) is 18.0 Å². The summed E-state index contributed by atoms with van der Waals surface area (Å²) >= 11 is 0. The van der Waals surface area contributed by atoms with Crippen LogP contribution in [-0.4, -0.2) is 24.0 Å². The normalized spacial score (nSPS) is 34.9. The molecular weight excluding hydrogens is 189 g/mol. The minimum atomic E-state index is -0.129. The first-order valence-corrected chi connectivity index (χ1v) is 5.73. The van der Waals surface area contributed by atoms with E-state index in [1.807, 2.05) is 12.1 Å². The van der Waals surface area contributed by atoms with Crippen LogP contribution in [0.5, 0.6) is 0 Å². The van der Waals surface area contributed by atoms with Crippen LogP contribution < -0.4 is 0 Å². The Morgan fingerprint density at radius 3 is 2.47 bits per heavy atom. The number of nitrogens with zero attached hydrogens (tertiary/aromatic N) is 1. The van der Waals surface area contributed by atoms with Crippen molar-refractivity contribution >= 4 is 0 Å². The molecule has 0 saturated carbocycles. The summed E-state index contributed by atoms with van der Waals surface area (Å²) in [7, 11) is 2.23. The number of likely N-dealkylation sites (N-methyl/N-ethyl adjacent to an activating group) is 1. The summed E-state index contributed by atoms with van der Waals surface area (Å²) in [5.74, 6) is 0.504. The van der Waals surface area contributed by atoms with Gasteiger partial charge in [0.05, 0.1) is 0 Å². The lowest BCUT2D eigenvalue weighted by molar-refractivity contribution is 0.307. The van der Waals surface area contributed by atoms with Crippen LogP contribution in [0.3, 0.4) is 0 Å². The van der Waals surface area contributed by atoms with Crippen molar-refractivity contribution in [1.29, 1.82) is 0 Å². The molecule has 0 unspecified atom stereocenters. The van der Waals surface area contributed by atoms with E-state index in [1.54, 1.807) is 12.1 Å². The van der Waals surface area contributed by atoms with Crippen molar-refractivity contribution in [1.82, 2.24) is 4.90 Å². The maximum Gasteiger partial charge on any atom is 0.123 e. The summed E-state index contributed by atoms with van der Waals surface area (Å²) in [6.07, 6.45) is 3.91. The highest BCUT2D eigenvalue weighted by molar-refractivity contribution is 5.25. The van der Waals surface area contributed by atoms with Crippen molar-refractivity contribution in [3.05, 3.63) is 35.6 Å². The lowest BCUT2D eigenvalue weighted by atomic mass is 9.84. The van der Waals surface area contributed by atoms with Gasteiger partial charge in [-0.2, -0.15) is 0 Å². The van der Waals surface area contributed by atoms with Crippen LogP contribution in [0.2, 0.25) is 0 Å². The predicted molar refractivity (Wildman–Crippen MR) is 58.3 cm³/mol. The summed E-state index contributed by atoms with van der Waals surface area (Å²) in [5.41, 5.74) is 1.32. The Morgan fingerprint density at radius 2 is 1.93 bits per heavy atom. The third-order valence-electron chi connectivity index (χ3n) is 4.18. The Labute approximate surface area is 89.9 Å². The van der Waals surface area contributed by atoms with Crippen molar-refractivity contribution in [2.24, 2.45) is 0 Å². The molecule has 15 heavy (non-hydrogen) atoms. The molecule has 2 saturated heterocycles. The number of hydrogen-bond donors (Lipinski definition) is 0. The summed E-state index contributed by atoms with van der Waals surface area (Å²) in [6.45, 7) is 0. The van der Waals surface area contributed by atoms with Crippen LogP contribution in [0, 0.1) is 5.82 Å². The van der Waals surface area contributed by atoms with Crippen LogP contribution in [0.4, 0.5) is 4.39 Å². The van der Waals surface area contributed by atoms with Crippen LogP contribution in [0.1, 0.15) is 30.7 Å². The monoisotopic (exact) mass is 205 g/mol. The predicted octanol–water partition coefficient (Wildman–Crippen LogP) is 2.78. The van der Waals surface area contributed by atoms with Gasteiger partial charge in [-0.15, -0.1) is 0 Å². The van der Waals surface area contributed by atoms with Gasteiger partial charge in [0.25, 0.3) is 0 Å². The summed E-state index contributed by atoms with van der Waals surface area (Å²) < 4.78 is 12.8. The number of fused-ring (bicyclic) bond motifs is 2. The lowest BCUT2D eigenvalue weighted by Crippen LogP contribution is -2.25. The van der Waals surface area contributed by atoms with Gasteiger partial charge >= 0.3 is 0 Å². The SMILES string of the molecule is CN1[C@H]2CC[C@@H]1[C@@H](c1ccc(F)cc1)C2. The van der Waals surface area contributed by atoms with Gasteiger partial charge in [-0.1, -0.05) is 12.1 Å². The molecule has 0 spiro atoms. The molecule has 0 aromatic heterocycles. The van der Waals surface area contributed by atoms with Crippen LogP contribution in [-0.2, 0) is 0 Å². The smallest absolute Gasteiger partial charge is 0.123 e. The van der Waals surface area contributed by atoms with Gasteiger partial charge in [0.1, 0.15) is 5.82 Å². The zero-order valence-electron chi connectivity index (χ0n) is 8.99. The molecule has 0 radical (unpaired) electrons. The summed E-state index contributed by atoms with van der Waals surface area (Å²) in [4.78, 5) is 2.51. The van der Waals surface area contributed by atoms with Crippen molar-refractivity contribution in [2.75, 3.05) is 7.05 Å². The van der Waals surface area contributed by atoms with E-state index >= 15 is 0 Å². The van der Waals surface area contributed by atoms with Crippen molar-refractivity contribution in [2.45, 2.75) is 37.3 Å². The molecule has 2 heteroatoms. The molecule has 3 atom stereocenters. The zero-order chi connectivity index (χ0) is 10.4. The topological polar surface area (TPSA) is 3.24 Å². The van der Waals surface area contributed by atoms with Gasteiger partial charge < -0.3 is 0 Å². The molecule has 2 aliphatic heterocycles. The number of hydrogen-bond acceptors (Lipinski definition) is 1. The largest absolute Gasteiger partial charge is 0.300 e. The molecule has 2 aliphatic rings. The fourth-order valence-corrected chi connectivity index (χ4v) is 3.33. The molecule has 1 nitrogen and oxygen atoms in total. The Morgan fingerprint density at radius 1 is 1.20 bits per heavy atom. The summed E-state index contributed by atoms with van der Waals surface area (Å²) in [6, 6.07) is 8.54. The fraction of sp³-hybridized carbons (Fsp3) is 0.538. The standard InChI is InChI=1S/C13H16FN/c1-15-11-6-7-13(15)12(8-11)9-2-4-10(14)5-3-9/h2-5,11-13H,6-8H2,1H3/t11-,12+,13+/m0/s1. The van der Waals surface area contributed by atoms with Crippen LogP contribution in [0.15, 0.2) is 24.3 Å². The molecular formula is C13H16FN. The first-order chi connectivity index (χ1) is 7.25. The minimum absolute atomic E-state index is 0.129. The van der Waals surface area contributed by atoms with Crippen molar-refractivity contribution in [3.8, 4) is 0 Å². The van der Waals surface area contributed by atoms with Gasteiger partial charge in [0.2, 0.25) is 0 Å². The third-order valence-corrected chi connectivity index (χ3v) is 4.18. The molecule has 2 heterocycles. The Balaban J connectivity index is 1.87. The highest BCUT2D eigenvalue weighted by atomic mass is 19.1. The molecule has 0 aliphatic carbocycles. The Hall–Kier alpha value is -0.890. The van der Waals surface area contributed by atoms with E-state index < -0.39 is 0 Å². The molecule has 2 fully saturated rings. The molecule has 80 valence electrons. The second-order valence-corrected chi connectivity index (χ2v) is 4.86. The lowest BCUT2D eigenvalue weighted by Gasteiger charge is -2.21. The highest BCUT2D eigenvalue weighted by Gasteiger charge is 2.44. The first kappa shape index (κ1) is 9.34. The van der Waals surface area contributed by atoms with Crippen LogP contribution in [0.25, 0.3) is 0 Å². The molecule has 0 amide bonds. The van der Waals surface area contributed by atoms with E-state index in [0.29, 0.717) is 12.0 Å². The highest BCUT2D eigenvalue weighted by Crippen LogP contribution is 2.45. The molecule has 2 bridgehead atoms.